The number of benzene rings is 2. The van der Waals surface area contributed by atoms with Crippen molar-refractivity contribution < 1.29 is 19.5 Å². The molecule has 1 saturated heterocycles. The molecule has 0 aromatic heterocycles. The smallest absolute Gasteiger partial charge is 0.229 e. The molecule has 0 saturated carbocycles. The number of nitrogens with two attached hydrogens (primary N) is 1. The van der Waals surface area contributed by atoms with Crippen LogP contribution in [0.15, 0.2) is 98.1 Å². The second kappa shape index (κ2) is 41.2. The van der Waals surface area contributed by atoms with Crippen LogP contribution in [0, 0.1) is 11.8 Å². The summed E-state index contributed by atoms with van der Waals surface area (Å²) in [6.45, 7) is 29.8. The van der Waals surface area contributed by atoms with Gasteiger partial charge in [-0.1, -0.05) is 116 Å². The number of allylic oxidation sites excluding steroid dienone is 3. The fraction of sp³-hybridized carbons (Fsp3) is 0.521. The molecule has 2 aromatic rings. The van der Waals surface area contributed by atoms with Gasteiger partial charge in [0.2, 0.25) is 12.3 Å². The van der Waals surface area contributed by atoms with Gasteiger partial charge in [0.1, 0.15) is 13.0 Å². The van der Waals surface area contributed by atoms with Gasteiger partial charge in [0, 0.05) is 37.6 Å². The van der Waals surface area contributed by atoms with Gasteiger partial charge in [0.05, 0.1) is 12.0 Å². The van der Waals surface area contributed by atoms with Crippen molar-refractivity contribution in [1.82, 2.24) is 15.1 Å². The molecule has 57 heavy (non-hydrogen) atoms. The van der Waals surface area contributed by atoms with Gasteiger partial charge in [0.15, 0.2) is 0 Å². The van der Waals surface area contributed by atoms with Crippen molar-refractivity contribution in [2.75, 3.05) is 50.5 Å². The van der Waals surface area contributed by atoms with Crippen LogP contribution in [0.5, 0.6) is 0 Å². The number of nitrogens with one attached hydrogen (secondary N) is 2. The molecule has 322 valence electrons. The monoisotopic (exact) mass is 792 g/mol. The Morgan fingerprint density at radius 3 is 1.98 bits per heavy atom. The zero-order chi connectivity index (χ0) is 43.7. The summed E-state index contributed by atoms with van der Waals surface area (Å²) in [5.41, 5.74) is 9.97. The van der Waals surface area contributed by atoms with Crippen LogP contribution in [0.25, 0.3) is 0 Å². The van der Waals surface area contributed by atoms with E-state index in [0.29, 0.717) is 0 Å². The molecule has 2 amide bonds. The van der Waals surface area contributed by atoms with Crippen LogP contribution in [0.1, 0.15) is 106 Å². The van der Waals surface area contributed by atoms with E-state index in [4.69, 9.17) is 10.8 Å². The number of hydrogen-bond donors (Lipinski definition) is 4. The summed E-state index contributed by atoms with van der Waals surface area (Å²) < 4.78 is 0. The van der Waals surface area contributed by atoms with Crippen molar-refractivity contribution in [3.05, 3.63) is 109 Å². The number of hydrogen-bond acceptors (Lipinski definition) is 7. The number of carbonyl (C=O) groups is 3. The second-order valence-electron chi connectivity index (χ2n) is 13.5. The van der Waals surface area contributed by atoms with Gasteiger partial charge in [0.25, 0.3) is 0 Å². The lowest BCUT2D eigenvalue weighted by Crippen LogP contribution is -2.34. The summed E-state index contributed by atoms with van der Waals surface area (Å²) in [6.07, 6.45) is 20.3. The zero-order valence-electron chi connectivity index (χ0n) is 37.2. The van der Waals surface area contributed by atoms with Crippen molar-refractivity contribution >= 4 is 30.0 Å². The van der Waals surface area contributed by atoms with Gasteiger partial charge in [-0.3, -0.25) is 9.59 Å². The number of amides is 2. The van der Waals surface area contributed by atoms with Crippen molar-refractivity contribution in [2.45, 2.75) is 113 Å². The first kappa shape index (κ1) is 56.9. The van der Waals surface area contributed by atoms with Crippen LogP contribution < -0.4 is 16.4 Å². The number of likely N-dealkylation sites (tertiary alicyclic amines) is 1. The molecule has 0 bridgehead atoms. The lowest BCUT2D eigenvalue weighted by atomic mass is 10.0. The van der Waals surface area contributed by atoms with Crippen LogP contribution in [-0.2, 0) is 27.2 Å². The number of carbonyl (C=O) groups excluding carboxylic acids is 3. The van der Waals surface area contributed by atoms with E-state index in [9.17, 15) is 14.4 Å². The van der Waals surface area contributed by atoms with Crippen LogP contribution in [-0.4, -0.2) is 79.0 Å². The van der Waals surface area contributed by atoms with Gasteiger partial charge in [-0.15, -0.1) is 13.2 Å². The third-order valence-electron chi connectivity index (χ3n) is 8.38. The minimum absolute atomic E-state index is 0.0369. The topological polar surface area (TPSA) is 128 Å². The van der Waals surface area contributed by atoms with Crippen LogP contribution >= 0.6 is 0 Å². The standard InChI is InChI=1S/C17H30N2O.C15H18N2O.C6H9NO2.C5H12.C3H6.C2H6/c1-5-8-13-18-14-11-9-10-12-16(4)17(20)19(7-3)15-6-2;16-14-7-3-12(4-8-14)1-2-13-5-9-15(10-6-13)17-11-18;8-4-6-2-1-3-7(6)5-9;1-4-5(2)3;1-3-2;1-2/h5,9-12,16,18H,1,6-8,13-15H2,2-4H3;3-10,17-18H,1-2,11,16H2;4-6H,1-3H2;5H,4H2,1-3H3;3H,1H2,2H3;1-2H3/b11-9-,12-10-;;;;;. The number of rotatable bonds is 19. The molecule has 0 aliphatic carbocycles. The van der Waals surface area contributed by atoms with E-state index in [-0.39, 0.29) is 24.6 Å². The molecule has 2 aromatic carbocycles. The highest BCUT2D eigenvalue weighted by Gasteiger charge is 2.21. The molecule has 9 heteroatoms. The van der Waals surface area contributed by atoms with E-state index < -0.39 is 0 Å². The Morgan fingerprint density at radius 1 is 0.982 bits per heavy atom. The number of nitrogens with zero attached hydrogens (tertiary/aromatic N) is 2. The number of aryl methyl sites for hydroxylation is 2. The van der Waals surface area contributed by atoms with Gasteiger partial charge in [-0.05, 0) is 100 Å². The summed E-state index contributed by atoms with van der Waals surface area (Å²) in [6, 6.07) is 16.0. The molecule has 1 aliphatic heterocycles. The summed E-state index contributed by atoms with van der Waals surface area (Å²) in [4.78, 5) is 35.9. The van der Waals surface area contributed by atoms with E-state index in [2.05, 4.69) is 81.8 Å². The van der Waals surface area contributed by atoms with Crippen molar-refractivity contribution in [3.63, 3.8) is 0 Å². The Morgan fingerprint density at radius 2 is 1.54 bits per heavy atom. The number of aldehydes is 1. The molecule has 1 heterocycles. The molecule has 0 radical (unpaired) electrons. The molecular formula is C48H81N5O4. The maximum Gasteiger partial charge on any atom is 0.229 e. The summed E-state index contributed by atoms with van der Waals surface area (Å²) in [7, 11) is 0. The molecule has 2 unspecified atom stereocenters. The Balaban J connectivity index is -0.000000713. The average molecular weight is 792 g/mol. The predicted octanol–water partition coefficient (Wildman–Crippen LogP) is 9.65. The largest absolute Gasteiger partial charge is 0.399 e. The normalized spacial score (nSPS) is 13.1. The van der Waals surface area contributed by atoms with Gasteiger partial charge < -0.3 is 36.1 Å². The molecule has 5 N–H and O–H groups in total. The number of anilines is 2. The fourth-order valence-electron chi connectivity index (χ4n) is 4.78. The van der Waals surface area contributed by atoms with Crippen molar-refractivity contribution in [2.24, 2.45) is 11.8 Å². The van der Waals surface area contributed by atoms with Gasteiger partial charge in [-0.2, -0.15) is 0 Å². The Kier molecular flexibility index (Phi) is 41.1. The maximum absolute atomic E-state index is 12.1. The Bertz CT molecular complexity index is 1300. The Hall–Kier alpha value is -4.47. The Labute approximate surface area is 348 Å². The predicted molar refractivity (Wildman–Crippen MR) is 247 cm³/mol. The quantitative estimate of drug-likeness (QED) is 0.0279. The van der Waals surface area contributed by atoms with E-state index in [1.165, 1.54) is 22.4 Å². The average Bonchev–Trinajstić information content (AvgIpc) is 3.71. The summed E-state index contributed by atoms with van der Waals surface area (Å²) >= 11 is 0. The van der Waals surface area contributed by atoms with Crippen LogP contribution in [0.2, 0.25) is 0 Å². The van der Waals surface area contributed by atoms with Gasteiger partial charge >= 0.3 is 0 Å². The van der Waals surface area contributed by atoms with Crippen molar-refractivity contribution in [3.8, 4) is 0 Å². The van der Waals surface area contributed by atoms with Gasteiger partial charge in [-0.25, -0.2) is 0 Å². The fourth-order valence-corrected chi connectivity index (χ4v) is 4.78. The van der Waals surface area contributed by atoms with E-state index >= 15 is 0 Å². The molecule has 2 atom stereocenters. The molecular weight excluding hydrogens is 711 g/mol. The maximum atomic E-state index is 12.1. The van der Waals surface area contributed by atoms with E-state index in [1.807, 2.05) is 88.1 Å². The van der Waals surface area contributed by atoms with E-state index in [0.717, 1.165) is 101 Å². The molecule has 0 spiro atoms. The molecule has 9 nitrogen and oxygen atoms in total. The van der Waals surface area contributed by atoms with Crippen LogP contribution in [0.3, 0.4) is 0 Å². The lowest BCUT2D eigenvalue weighted by Gasteiger charge is -2.22. The number of aliphatic hydroxyl groups excluding tert-OH is 1. The summed E-state index contributed by atoms with van der Waals surface area (Å²) in [5, 5.41) is 14.9. The SMILES string of the molecule is C=CC.C=CCCNC/C=C\C=C/C(C)C(=O)N(CC)CCC.CC.CCC(C)C.Nc1ccc(CCc2ccc(NCO)cc2)cc1.O=CC1CCCN1C=O. The van der Waals surface area contributed by atoms with Crippen LogP contribution in [0.4, 0.5) is 11.4 Å². The third kappa shape index (κ3) is 32.3. The number of nitrogen functional groups attached to an aromatic ring is 1. The van der Waals surface area contributed by atoms with Crippen molar-refractivity contribution in [1.29, 1.82) is 0 Å². The number of aliphatic hydroxyl groups is 1. The minimum Gasteiger partial charge on any atom is -0.399 e. The highest BCUT2D eigenvalue weighted by Crippen LogP contribution is 2.14. The summed E-state index contributed by atoms with van der Waals surface area (Å²) in [5.74, 6) is 1.04. The first-order chi connectivity index (χ1) is 27.5. The minimum atomic E-state index is -0.137. The lowest BCUT2D eigenvalue weighted by molar-refractivity contribution is -0.133. The second-order valence-corrected chi connectivity index (χ2v) is 13.5. The van der Waals surface area contributed by atoms with E-state index in [1.54, 1.807) is 6.08 Å². The molecule has 3 rings (SSSR count). The zero-order valence-corrected chi connectivity index (χ0v) is 37.2. The first-order valence-corrected chi connectivity index (χ1v) is 21.0. The molecule has 1 fully saturated rings. The highest BCUT2D eigenvalue weighted by molar-refractivity contribution is 5.80. The molecule has 1 aliphatic rings. The highest BCUT2D eigenvalue weighted by atomic mass is 16.3. The third-order valence-corrected chi connectivity index (χ3v) is 8.38. The first-order valence-electron chi connectivity index (χ1n) is 21.0.